The second-order valence-corrected chi connectivity index (χ2v) is 8.82. The largest absolute Gasteiger partial charge is 0.444 e. The minimum Gasteiger partial charge on any atom is -0.444 e. The molecule has 0 spiro atoms. The van der Waals surface area contributed by atoms with Crippen molar-refractivity contribution in [2.45, 2.75) is 90.9 Å². The maximum absolute atomic E-state index is 11.6. The van der Waals surface area contributed by atoms with Crippen LogP contribution in [-0.4, -0.2) is 46.9 Å². The molecule has 0 bridgehead atoms. The third kappa shape index (κ3) is 12.9. The molecule has 9 nitrogen and oxygen atoms in total. The van der Waals surface area contributed by atoms with Gasteiger partial charge in [0.1, 0.15) is 11.2 Å². The summed E-state index contributed by atoms with van der Waals surface area (Å²) in [6.45, 7) is 12.8. The highest BCUT2D eigenvalue weighted by atomic mass is 16.6. The Bertz CT molecular complexity index is 472. The topological polar surface area (TPSA) is 120 Å². The summed E-state index contributed by atoms with van der Waals surface area (Å²) < 4.78 is 10.2. The molecule has 0 saturated heterocycles. The third-order valence-electron chi connectivity index (χ3n) is 3.56. The van der Waals surface area contributed by atoms with Gasteiger partial charge in [0.2, 0.25) is 5.54 Å². The van der Waals surface area contributed by atoms with Gasteiger partial charge in [0.05, 0.1) is 0 Å². The van der Waals surface area contributed by atoms with E-state index in [-0.39, 0.29) is 4.92 Å². The zero-order chi connectivity index (χ0) is 21.3. The molecule has 0 fully saturated rings. The summed E-state index contributed by atoms with van der Waals surface area (Å²) in [6.07, 6.45) is 0.454. The summed E-state index contributed by atoms with van der Waals surface area (Å²) in [7, 11) is 0. The quantitative estimate of drug-likeness (QED) is 0.353. The van der Waals surface area contributed by atoms with E-state index in [4.69, 9.17) is 9.47 Å². The summed E-state index contributed by atoms with van der Waals surface area (Å²) in [5.41, 5.74) is -2.29. The summed E-state index contributed by atoms with van der Waals surface area (Å²) >= 11 is 0. The maximum Gasteiger partial charge on any atom is 0.407 e. The van der Waals surface area contributed by atoms with Crippen LogP contribution in [-0.2, 0) is 9.47 Å². The predicted molar refractivity (Wildman–Crippen MR) is 102 cm³/mol. The highest BCUT2D eigenvalue weighted by molar-refractivity contribution is 5.67. The lowest BCUT2D eigenvalue weighted by molar-refractivity contribution is -0.568. The Morgan fingerprint density at radius 3 is 1.41 bits per heavy atom. The molecule has 0 aromatic heterocycles. The molecule has 0 aromatic carbocycles. The lowest BCUT2D eigenvalue weighted by Crippen LogP contribution is -2.38. The predicted octanol–water partition coefficient (Wildman–Crippen LogP) is 3.63. The number of ether oxygens (including phenoxy) is 2. The fraction of sp³-hybridized carbons (Fsp3) is 0.889. The van der Waals surface area contributed by atoms with Crippen LogP contribution in [0.25, 0.3) is 0 Å². The fourth-order valence-electron chi connectivity index (χ4n) is 2.26. The number of carbonyl (C=O) groups is 2. The van der Waals surface area contributed by atoms with Crippen molar-refractivity contribution in [3.8, 4) is 0 Å². The molecule has 27 heavy (non-hydrogen) atoms. The maximum atomic E-state index is 11.6. The molecule has 0 aromatic rings. The molecule has 0 atom stereocenters. The summed E-state index contributed by atoms with van der Waals surface area (Å²) in [5.74, 6) is 0. The van der Waals surface area contributed by atoms with Crippen LogP contribution in [0, 0.1) is 10.1 Å². The Balaban J connectivity index is 4.23. The van der Waals surface area contributed by atoms with E-state index in [9.17, 15) is 19.7 Å². The van der Waals surface area contributed by atoms with Crippen LogP contribution in [0.5, 0.6) is 0 Å². The molecule has 2 N–H and O–H groups in total. The van der Waals surface area contributed by atoms with Gasteiger partial charge >= 0.3 is 12.2 Å². The second-order valence-electron chi connectivity index (χ2n) is 8.82. The molecule has 0 aliphatic rings. The summed E-state index contributed by atoms with van der Waals surface area (Å²) in [5, 5.41) is 16.6. The van der Waals surface area contributed by atoms with Crippen molar-refractivity contribution in [3.63, 3.8) is 0 Å². The molecule has 0 radical (unpaired) electrons. The molecule has 0 saturated carbocycles. The molecule has 0 unspecified atom stereocenters. The first-order valence-corrected chi connectivity index (χ1v) is 9.23. The fourth-order valence-corrected chi connectivity index (χ4v) is 2.26. The molecule has 0 aliphatic carbocycles. The number of hydrogen-bond acceptors (Lipinski definition) is 6. The zero-order valence-corrected chi connectivity index (χ0v) is 17.6. The second kappa shape index (κ2) is 10.3. The first-order valence-electron chi connectivity index (χ1n) is 9.23. The molecule has 0 rings (SSSR count). The van der Waals surface area contributed by atoms with E-state index >= 15 is 0 Å². The number of hydrogen-bond donors (Lipinski definition) is 2. The van der Waals surface area contributed by atoms with Crippen molar-refractivity contribution in [1.82, 2.24) is 10.6 Å². The third-order valence-corrected chi connectivity index (χ3v) is 3.56. The monoisotopic (exact) mass is 389 g/mol. The van der Waals surface area contributed by atoms with Gasteiger partial charge in [-0.3, -0.25) is 10.1 Å². The average molecular weight is 389 g/mol. The normalized spacial score (nSPS) is 12.3. The Labute approximate surface area is 161 Å². The number of rotatable bonds is 9. The first-order chi connectivity index (χ1) is 12.1. The first kappa shape index (κ1) is 24.9. The Hall–Kier alpha value is -2.06. The molecule has 158 valence electrons. The van der Waals surface area contributed by atoms with E-state index in [1.54, 1.807) is 48.5 Å². The van der Waals surface area contributed by atoms with E-state index in [0.717, 1.165) is 0 Å². The smallest absolute Gasteiger partial charge is 0.407 e. The van der Waals surface area contributed by atoms with Gasteiger partial charge in [-0.2, -0.15) is 0 Å². The molecule has 2 amide bonds. The van der Waals surface area contributed by atoms with E-state index in [1.165, 1.54) is 0 Å². The van der Waals surface area contributed by atoms with Crippen LogP contribution in [0.3, 0.4) is 0 Å². The van der Waals surface area contributed by atoms with Gasteiger partial charge in [0.15, 0.2) is 0 Å². The summed E-state index contributed by atoms with van der Waals surface area (Å²) in [6, 6.07) is 0. The van der Waals surface area contributed by atoms with Gasteiger partial charge < -0.3 is 20.1 Å². The lowest BCUT2D eigenvalue weighted by atomic mass is 9.91. The number of nitro groups is 1. The van der Waals surface area contributed by atoms with Crippen LogP contribution < -0.4 is 10.6 Å². The molecular weight excluding hydrogens is 354 g/mol. The minimum atomic E-state index is -1.12. The van der Waals surface area contributed by atoms with Gasteiger partial charge in [-0.15, -0.1) is 0 Å². The van der Waals surface area contributed by atoms with Gasteiger partial charge in [-0.1, -0.05) is 0 Å². The minimum absolute atomic E-state index is 0.298. The van der Waals surface area contributed by atoms with Crippen molar-refractivity contribution >= 4 is 12.2 Å². The standard InChI is InChI=1S/C18H35N3O6/c1-16(2,3)26-14(22)19-12-8-10-18(7,21(24)25)11-9-13-20-15(23)27-17(4,5)6/h8-13H2,1-7H3,(H,19,22)(H,20,23). The molecule has 9 heteroatoms. The van der Waals surface area contributed by atoms with Crippen molar-refractivity contribution < 1.29 is 24.0 Å². The van der Waals surface area contributed by atoms with E-state index in [2.05, 4.69) is 10.6 Å². The Morgan fingerprint density at radius 2 is 1.15 bits per heavy atom. The average Bonchev–Trinajstić information content (AvgIpc) is 2.44. The van der Waals surface area contributed by atoms with Gasteiger partial charge in [-0.05, 0) is 54.4 Å². The Kier molecular flexibility index (Phi) is 9.53. The highest BCUT2D eigenvalue weighted by Crippen LogP contribution is 2.22. The van der Waals surface area contributed by atoms with E-state index in [0.29, 0.717) is 38.8 Å². The molecule has 0 heterocycles. The van der Waals surface area contributed by atoms with Crippen molar-refractivity contribution in [1.29, 1.82) is 0 Å². The lowest BCUT2D eigenvalue weighted by Gasteiger charge is -2.22. The van der Waals surface area contributed by atoms with Crippen LogP contribution in [0.1, 0.15) is 74.1 Å². The Morgan fingerprint density at radius 1 is 0.815 bits per heavy atom. The number of alkyl carbamates (subject to hydrolysis) is 2. The number of amides is 2. The SMILES string of the molecule is CC(C)(C)OC(=O)NCCCC(C)(CCCNC(=O)OC(C)(C)C)[N+](=O)[O-]. The van der Waals surface area contributed by atoms with Crippen molar-refractivity contribution in [2.24, 2.45) is 0 Å². The van der Waals surface area contributed by atoms with Gasteiger partial charge in [0, 0.05) is 37.8 Å². The van der Waals surface area contributed by atoms with Crippen LogP contribution in [0.15, 0.2) is 0 Å². The van der Waals surface area contributed by atoms with Gasteiger partial charge in [0.25, 0.3) is 0 Å². The van der Waals surface area contributed by atoms with Crippen LogP contribution in [0.4, 0.5) is 9.59 Å². The van der Waals surface area contributed by atoms with Crippen LogP contribution >= 0.6 is 0 Å². The molecular formula is C18H35N3O6. The number of nitrogens with zero attached hydrogens (tertiary/aromatic N) is 1. The van der Waals surface area contributed by atoms with Crippen molar-refractivity contribution in [3.05, 3.63) is 10.1 Å². The zero-order valence-electron chi connectivity index (χ0n) is 17.6. The van der Waals surface area contributed by atoms with E-state index in [1.807, 2.05) is 0 Å². The van der Waals surface area contributed by atoms with Crippen LogP contribution in [0.2, 0.25) is 0 Å². The van der Waals surface area contributed by atoms with Gasteiger partial charge in [-0.25, -0.2) is 9.59 Å². The number of carbonyl (C=O) groups excluding carboxylic acids is 2. The van der Waals surface area contributed by atoms with E-state index < -0.39 is 28.9 Å². The highest BCUT2D eigenvalue weighted by Gasteiger charge is 2.35. The molecule has 0 aliphatic heterocycles. The summed E-state index contributed by atoms with van der Waals surface area (Å²) in [4.78, 5) is 34.3. The number of nitrogens with one attached hydrogen (secondary N) is 2. The van der Waals surface area contributed by atoms with Crippen molar-refractivity contribution in [2.75, 3.05) is 13.1 Å².